The van der Waals surface area contributed by atoms with Crippen LogP contribution in [0.4, 0.5) is 5.95 Å². The minimum atomic E-state index is 0.467. The Morgan fingerprint density at radius 2 is 1.76 bits per heavy atom. The molecule has 4 saturated carbocycles. The van der Waals surface area contributed by atoms with Gasteiger partial charge in [-0.3, -0.25) is 0 Å². The van der Waals surface area contributed by atoms with Crippen molar-refractivity contribution >= 4 is 29.2 Å². The van der Waals surface area contributed by atoms with Gasteiger partial charge in [-0.1, -0.05) is 34.4 Å². The van der Waals surface area contributed by atoms with E-state index < -0.39 is 0 Å². The molecule has 4 bridgehead atoms. The van der Waals surface area contributed by atoms with Crippen molar-refractivity contribution in [2.24, 2.45) is 29.6 Å². The predicted octanol–water partition coefficient (Wildman–Crippen LogP) is 4.45. The van der Waals surface area contributed by atoms with E-state index in [2.05, 4.69) is 20.8 Å². The van der Waals surface area contributed by atoms with Gasteiger partial charge in [-0.2, -0.15) is 4.68 Å². The van der Waals surface area contributed by atoms with Crippen molar-refractivity contribution in [2.45, 2.75) is 32.1 Å². The summed E-state index contributed by atoms with van der Waals surface area (Å²) >= 11 is 12.5. The predicted molar refractivity (Wildman–Crippen MR) is 98.2 cm³/mol. The fraction of sp³-hybridized carbons (Fsp3) is 0.611. The third-order valence-electron chi connectivity index (χ3n) is 6.55. The van der Waals surface area contributed by atoms with Gasteiger partial charge in [0.05, 0.1) is 15.7 Å². The van der Waals surface area contributed by atoms with Gasteiger partial charge in [-0.25, -0.2) is 0 Å². The van der Waals surface area contributed by atoms with E-state index in [0.717, 1.165) is 36.1 Å². The average Bonchev–Trinajstić information content (AvgIpc) is 3.04. The monoisotopic (exact) mass is 377 g/mol. The summed E-state index contributed by atoms with van der Waals surface area (Å²) in [5, 5.41) is 16.5. The molecule has 5 nitrogen and oxygen atoms in total. The molecule has 1 N–H and O–H groups in total. The van der Waals surface area contributed by atoms with Crippen LogP contribution >= 0.6 is 23.2 Å². The number of nitrogens with zero attached hydrogens (tertiary/aromatic N) is 4. The molecule has 1 heterocycles. The van der Waals surface area contributed by atoms with Crippen LogP contribution in [0.3, 0.4) is 0 Å². The molecular weight excluding hydrogens is 357 g/mol. The molecule has 25 heavy (non-hydrogen) atoms. The van der Waals surface area contributed by atoms with Crippen LogP contribution in [0.15, 0.2) is 18.2 Å². The molecule has 0 atom stereocenters. The Balaban J connectivity index is 1.35. The smallest absolute Gasteiger partial charge is 0.247 e. The van der Waals surface area contributed by atoms with E-state index >= 15 is 0 Å². The zero-order valence-electron chi connectivity index (χ0n) is 13.9. The molecule has 1 aromatic heterocycles. The molecule has 4 aliphatic carbocycles. The average molecular weight is 378 g/mol. The number of nitrogens with one attached hydrogen (secondary N) is 1. The summed E-state index contributed by atoms with van der Waals surface area (Å²) in [6.07, 6.45) is 7.17. The van der Waals surface area contributed by atoms with E-state index in [1.54, 1.807) is 10.7 Å². The first-order valence-corrected chi connectivity index (χ1v) is 9.91. The molecular formula is C18H21Cl2N5. The number of anilines is 1. The topological polar surface area (TPSA) is 55.6 Å². The molecule has 0 aliphatic heterocycles. The van der Waals surface area contributed by atoms with E-state index in [1.165, 1.54) is 32.1 Å². The Hall–Kier alpha value is -1.33. The van der Waals surface area contributed by atoms with Crippen LogP contribution in [-0.4, -0.2) is 26.8 Å². The highest BCUT2D eigenvalue weighted by atomic mass is 35.5. The zero-order chi connectivity index (χ0) is 17.0. The second-order valence-electron chi connectivity index (χ2n) is 7.96. The van der Waals surface area contributed by atoms with Crippen LogP contribution in [0.1, 0.15) is 32.1 Å². The van der Waals surface area contributed by atoms with Gasteiger partial charge in [0.15, 0.2) is 0 Å². The normalized spacial score (nSPS) is 33.0. The van der Waals surface area contributed by atoms with Gasteiger partial charge in [-0.15, -0.1) is 0 Å². The number of aromatic nitrogens is 4. The van der Waals surface area contributed by atoms with Crippen LogP contribution in [-0.2, 0) is 0 Å². The van der Waals surface area contributed by atoms with Crippen LogP contribution in [0.25, 0.3) is 5.69 Å². The molecule has 132 valence electrons. The van der Waals surface area contributed by atoms with Crippen molar-refractivity contribution in [1.29, 1.82) is 0 Å². The molecule has 0 amide bonds. The minimum absolute atomic E-state index is 0.467. The number of hydrogen-bond donors (Lipinski definition) is 1. The molecule has 2 aromatic rings. The first-order valence-electron chi connectivity index (χ1n) is 9.15. The summed E-state index contributed by atoms with van der Waals surface area (Å²) < 4.78 is 1.64. The second-order valence-corrected chi connectivity index (χ2v) is 8.75. The first-order chi connectivity index (χ1) is 12.2. The number of tetrazole rings is 1. The van der Waals surface area contributed by atoms with E-state index in [-0.39, 0.29) is 0 Å². The molecule has 1 aromatic carbocycles. The Labute approximate surface area is 157 Å². The fourth-order valence-electron chi connectivity index (χ4n) is 5.70. The van der Waals surface area contributed by atoms with Gasteiger partial charge in [-0.05, 0) is 84.3 Å². The number of benzene rings is 1. The minimum Gasteiger partial charge on any atom is -0.352 e. The molecule has 4 aliphatic rings. The SMILES string of the molecule is Clc1cccc(-n2nnnc2NCC2C3CC4CC(C3)CC2C4)c1Cl. The van der Waals surface area contributed by atoms with Gasteiger partial charge in [0.1, 0.15) is 0 Å². The highest BCUT2D eigenvalue weighted by molar-refractivity contribution is 6.43. The fourth-order valence-corrected chi connectivity index (χ4v) is 6.07. The van der Waals surface area contributed by atoms with Crippen molar-refractivity contribution in [3.8, 4) is 5.69 Å². The van der Waals surface area contributed by atoms with E-state index in [9.17, 15) is 0 Å². The Morgan fingerprint density at radius 3 is 2.48 bits per heavy atom. The zero-order valence-corrected chi connectivity index (χ0v) is 15.4. The molecule has 0 unspecified atom stereocenters. The van der Waals surface area contributed by atoms with Crippen molar-refractivity contribution in [2.75, 3.05) is 11.9 Å². The van der Waals surface area contributed by atoms with Crippen molar-refractivity contribution in [3.05, 3.63) is 28.2 Å². The highest BCUT2D eigenvalue weighted by Gasteiger charge is 2.47. The van der Waals surface area contributed by atoms with Gasteiger partial charge in [0.25, 0.3) is 0 Å². The van der Waals surface area contributed by atoms with E-state index in [1.807, 2.05) is 12.1 Å². The summed E-state index contributed by atoms with van der Waals surface area (Å²) in [7, 11) is 0. The van der Waals surface area contributed by atoms with Crippen LogP contribution in [0.2, 0.25) is 10.0 Å². The van der Waals surface area contributed by atoms with E-state index in [0.29, 0.717) is 21.7 Å². The molecule has 0 radical (unpaired) electrons. The standard InChI is InChI=1S/C18H21Cl2N5/c19-15-2-1-3-16(17(15)20)25-18(22-23-24-25)21-9-14-12-5-10-4-11(7-12)8-13(14)6-10/h1-3,10-14H,4-9H2,(H,21,22,24). The molecule has 0 saturated heterocycles. The summed E-state index contributed by atoms with van der Waals surface area (Å²) in [6, 6.07) is 5.49. The first kappa shape index (κ1) is 15.9. The number of rotatable bonds is 4. The molecule has 6 rings (SSSR count). The molecule has 4 fully saturated rings. The summed E-state index contributed by atoms with van der Waals surface area (Å²) in [6.45, 7) is 0.938. The van der Waals surface area contributed by atoms with Crippen molar-refractivity contribution in [1.82, 2.24) is 20.2 Å². The van der Waals surface area contributed by atoms with Gasteiger partial charge in [0.2, 0.25) is 5.95 Å². The number of halogens is 2. The lowest BCUT2D eigenvalue weighted by atomic mass is 9.52. The Kier molecular flexibility index (Phi) is 3.90. The van der Waals surface area contributed by atoms with Crippen LogP contribution < -0.4 is 5.32 Å². The van der Waals surface area contributed by atoms with Gasteiger partial charge >= 0.3 is 0 Å². The largest absolute Gasteiger partial charge is 0.352 e. The Morgan fingerprint density at radius 1 is 1.04 bits per heavy atom. The lowest BCUT2D eigenvalue weighted by molar-refractivity contribution is -0.0306. The Bertz CT molecular complexity index is 762. The van der Waals surface area contributed by atoms with Gasteiger partial charge in [0, 0.05) is 6.54 Å². The number of hydrogen-bond acceptors (Lipinski definition) is 4. The van der Waals surface area contributed by atoms with Crippen molar-refractivity contribution in [3.63, 3.8) is 0 Å². The quantitative estimate of drug-likeness (QED) is 0.854. The van der Waals surface area contributed by atoms with Crippen LogP contribution in [0.5, 0.6) is 0 Å². The summed E-state index contributed by atoms with van der Waals surface area (Å²) in [5.74, 6) is 5.13. The van der Waals surface area contributed by atoms with E-state index in [4.69, 9.17) is 23.2 Å². The van der Waals surface area contributed by atoms with Gasteiger partial charge < -0.3 is 5.32 Å². The van der Waals surface area contributed by atoms with Crippen molar-refractivity contribution < 1.29 is 0 Å². The third kappa shape index (κ3) is 2.72. The maximum absolute atomic E-state index is 6.33. The summed E-state index contributed by atoms with van der Waals surface area (Å²) in [5.41, 5.74) is 0.701. The molecule has 0 spiro atoms. The maximum Gasteiger partial charge on any atom is 0.247 e. The third-order valence-corrected chi connectivity index (χ3v) is 7.36. The maximum atomic E-state index is 6.33. The highest BCUT2D eigenvalue weighted by Crippen LogP contribution is 2.56. The lowest BCUT2D eigenvalue weighted by Crippen LogP contribution is -2.47. The molecule has 7 heteroatoms. The lowest BCUT2D eigenvalue weighted by Gasteiger charge is -2.54. The summed E-state index contributed by atoms with van der Waals surface area (Å²) in [4.78, 5) is 0. The second kappa shape index (κ2) is 6.13. The van der Waals surface area contributed by atoms with Crippen LogP contribution in [0, 0.1) is 29.6 Å².